The van der Waals surface area contributed by atoms with Crippen LogP contribution in [0.1, 0.15) is 12.0 Å². The van der Waals surface area contributed by atoms with Crippen molar-refractivity contribution >= 4 is 38.9 Å². The largest absolute Gasteiger partial charge is 0.480 e. The summed E-state index contributed by atoms with van der Waals surface area (Å²) >= 11 is 6.76. The van der Waals surface area contributed by atoms with Gasteiger partial charge in [-0.1, -0.05) is 11.6 Å². The monoisotopic (exact) mass is 339 g/mol. The molecule has 20 heavy (non-hydrogen) atoms. The van der Waals surface area contributed by atoms with Crippen LogP contribution in [0.15, 0.2) is 10.3 Å². The van der Waals surface area contributed by atoms with Crippen LogP contribution in [0.25, 0.3) is 0 Å². The standard InChI is InChI=1S/C11H14ClNO5S2/c1-6-4-8(19-10(6)12)20(16,17)13-9(11(14)15)7-2-3-18-5-7/h4,7,9,13H,2-3,5H2,1H3,(H,14,15). The molecule has 9 heteroatoms. The Bertz CT molecular complexity index is 587. The quantitative estimate of drug-likeness (QED) is 0.847. The number of ether oxygens (including phenoxy) is 1. The third-order valence-corrected chi connectivity index (χ3v) is 6.55. The van der Waals surface area contributed by atoms with Crippen molar-refractivity contribution in [2.45, 2.75) is 23.6 Å². The van der Waals surface area contributed by atoms with Crippen LogP contribution in [-0.4, -0.2) is 38.7 Å². The van der Waals surface area contributed by atoms with Gasteiger partial charge in [0.15, 0.2) is 0 Å². The number of nitrogens with one attached hydrogen (secondary N) is 1. The zero-order valence-corrected chi connectivity index (χ0v) is 13.0. The molecule has 1 aromatic rings. The number of thiophene rings is 1. The van der Waals surface area contributed by atoms with Crippen molar-refractivity contribution in [1.29, 1.82) is 0 Å². The molecule has 2 atom stereocenters. The average molecular weight is 340 g/mol. The highest BCUT2D eigenvalue weighted by Gasteiger charge is 2.35. The molecule has 2 N–H and O–H groups in total. The van der Waals surface area contributed by atoms with E-state index in [0.29, 0.717) is 22.9 Å². The van der Waals surface area contributed by atoms with E-state index in [1.165, 1.54) is 6.07 Å². The summed E-state index contributed by atoms with van der Waals surface area (Å²) in [6.45, 7) is 2.38. The fourth-order valence-electron chi connectivity index (χ4n) is 1.95. The van der Waals surface area contributed by atoms with Gasteiger partial charge in [-0.2, -0.15) is 4.72 Å². The first-order valence-corrected chi connectivity index (χ1v) is 8.58. The molecule has 0 saturated carbocycles. The Morgan fingerprint density at radius 2 is 2.35 bits per heavy atom. The Morgan fingerprint density at radius 1 is 1.65 bits per heavy atom. The van der Waals surface area contributed by atoms with Gasteiger partial charge in [0.25, 0.3) is 10.0 Å². The van der Waals surface area contributed by atoms with Gasteiger partial charge >= 0.3 is 5.97 Å². The molecule has 1 aliphatic heterocycles. The van der Waals surface area contributed by atoms with Crippen LogP contribution in [0.4, 0.5) is 0 Å². The molecule has 0 bridgehead atoms. The maximum Gasteiger partial charge on any atom is 0.322 e. The number of rotatable bonds is 5. The van der Waals surface area contributed by atoms with E-state index in [1.54, 1.807) is 6.92 Å². The highest BCUT2D eigenvalue weighted by atomic mass is 35.5. The third kappa shape index (κ3) is 3.32. The highest BCUT2D eigenvalue weighted by molar-refractivity contribution is 7.91. The van der Waals surface area contributed by atoms with Gasteiger partial charge in [-0.25, -0.2) is 8.42 Å². The molecular formula is C11H14ClNO5S2. The second kappa shape index (κ2) is 5.98. The summed E-state index contributed by atoms with van der Waals surface area (Å²) in [5.74, 6) is -1.57. The number of carboxylic acid groups (broad SMARTS) is 1. The third-order valence-electron chi connectivity index (χ3n) is 3.08. The molecule has 0 amide bonds. The van der Waals surface area contributed by atoms with Crippen LogP contribution in [0, 0.1) is 12.8 Å². The normalized spacial score (nSPS) is 21.0. The van der Waals surface area contributed by atoms with E-state index >= 15 is 0 Å². The number of hydrogen-bond donors (Lipinski definition) is 2. The second-order valence-corrected chi connectivity index (χ2v) is 8.18. The van der Waals surface area contributed by atoms with Crippen molar-refractivity contribution < 1.29 is 23.1 Å². The zero-order valence-electron chi connectivity index (χ0n) is 10.6. The van der Waals surface area contributed by atoms with Crippen molar-refractivity contribution in [3.05, 3.63) is 16.0 Å². The summed E-state index contributed by atoms with van der Waals surface area (Å²) in [7, 11) is -3.90. The van der Waals surface area contributed by atoms with Crippen LogP contribution in [0.2, 0.25) is 4.34 Å². The minimum Gasteiger partial charge on any atom is -0.480 e. The first-order valence-electron chi connectivity index (χ1n) is 5.90. The highest BCUT2D eigenvalue weighted by Crippen LogP contribution is 2.30. The molecular weight excluding hydrogens is 326 g/mol. The molecule has 2 heterocycles. The van der Waals surface area contributed by atoms with E-state index < -0.39 is 22.0 Å². The molecule has 0 aromatic carbocycles. The molecule has 6 nitrogen and oxygen atoms in total. The Morgan fingerprint density at radius 3 is 2.80 bits per heavy atom. The number of aliphatic carboxylic acids is 1. The number of halogens is 1. The number of carboxylic acids is 1. The number of sulfonamides is 1. The van der Waals surface area contributed by atoms with Gasteiger partial charge in [0.05, 0.1) is 10.9 Å². The van der Waals surface area contributed by atoms with E-state index in [4.69, 9.17) is 16.3 Å². The van der Waals surface area contributed by atoms with E-state index in [9.17, 15) is 18.3 Å². The van der Waals surface area contributed by atoms with E-state index in [-0.39, 0.29) is 16.7 Å². The minimum absolute atomic E-state index is 0.0187. The zero-order chi connectivity index (χ0) is 14.9. The molecule has 1 saturated heterocycles. The Balaban J connectivity index is 2.22. The summed E-state index contributed by atoms with van der Waals surface area (Å²) in [6.07, 6.45) is 0.518. The van der Waals surface area contributed by atoms with E-state index in [1.807, 2.05) is 0 Å². The van der Waals surface area contributed by atoms with Crippen LogP contribution in [-0.2, 0) is 19.6 Å². The van der Waals surface area contributed by atoms with Gasteiger partial charge in [0.1, 0.15) is 10.3 Å². The minimum atomic E-state index is -3.90. The first kappa shape index (κ1) is 15.7. The van der Waals surface area contributed by atoms with Crippen LogP contribution >= 0.6 is 22.9 Å². The van der Waals surface area contributed by atoms with Gasteiger partial charge in [-0.3, -0.25) is 4.79 Å². The molecule has 1 fully saturated rings. The van der Waals surface area contributed by atoms with Gasteiger partial charge < -0.3 is 9.84 Å². The Labute approximate surface area is 125 Å². The summed E-state index contributed by atoms with van der Waals surface area (Å²) in [4.78, 5) is 11.3. The fourth-order valence-corrected chi connectivity index (χ4v) is 4.94. The van der Waals surface area contributed by atoms with E-state index in [0.717, 1.165) is 11.3 Å². The lowest BCUT2D eigenvalue weighted by atomic mass is 10.0. The van der Waals surface area contributed by atoms with Crippen molar-refractivity contribution in [3.8, 4) is 0 Å². The van der Waals surface area contributed by atoms with Gasteiger partial charge in [-0.05, 0) is 25.0 Å². The van der Waals surface area contributed by atoms with Crippen molar-refractivity contribution in [3.63, 3.8) is 0 Å². The maximum absolute atomic E-state index is 12.2. The maximum atomic E-state index is 12.2. The topological polar surface area (TPSA) is 92.7 Å². The van der Waals surface area contributed by atoms with Crippen molar-refractivity contribution in [2.24, 2.45) is 5.92 Å². The smallest absolute Gasteiger partial charge is 0.322 e. The molecule has 0 aliphatic carbocycles. The molecule has 112 valence electrons. The van der Waals surface area contributed by atoms with Crippen molar-refractivity contribution in [1.82, 2.24) is 4.72 Å². The summed E-state index contributed by atoms with van der Waals surface area (Å²) in [5, 5.41) is 9.20. The van der Waals surface area contributed by atoms with Gasteiger partial charge in [0.2, 0.25) is 0 Å². The SMILES string of the molecule is Cc1cc(S(=O)(=O)NC(C(=O)O)C2CCOC2)sc1Cl. The summed E-state index contributed by atoms with van der Waals surface area (Å²) in [5.41, 5.74) is 0.646. The lowest BCUT2D eigenvalue weighted by Crippen LogP contribution is -2.45. The molecule has 0 radical (unpaired) electrons. The van der Waals surface area contributed by atoms with E-state index in [2.05, 4.69) is 4.72 Å². The molecule has 0 spiro atoms. The second-order valence-electron chi connectivity index (χ2n) is 4.58. The predicted molar refractivity (Wildman–Crippen MR) is 74.7 cm³/mol. The first-order chi connectivity index (χ1) is 9.31. The average Bonchev–Trinajstić information content (AvgIpc) is 2.97. The lowest BCUT2D eigenvalue weighted by molar-refractivity contribution is -0.140. The van der Waals surface area contributed by atoms with Crippen LogP contribution in [0.5, 0.6) is 0 Å². The fraction of sp³-hybridized carbons (Fsp3) is 0.545. The Hall–Kier alpha value is -0.670. The predicted octanol–water partition coefficient (Wildman–Crippen LogP) is 1.48. The molecule has 1 aliphatic rings. The molecule has 2 unspecified atom stereocenters. The summed E-state index contributed by atoms with van der Waals surface area (Å²) < 4.78 is 32.2. The lowest BCUT2D eigenvalue weighted by Gasteiger charge is -2.18. The van der Waals surface area contributed by atoms with Crippen LogP contribution < -0.4 is 4.72 Å². The van der Waals surface area contributed by atoms with Crippen LogP contribution in [0.3, 0.4) is 0 Å². The number of carbonyl (C=O) groups is 1. The molecule has 1 aromatic heterocycles. The number of hydrogen-bond acceptors (Lipinski definition) is 5. The summed E-state index contributed by atoms with van der Waals surface area (Å²) in [6, 6.07) is 0.239. The van der Waals surface area contributed by atoms with Gasteiger partial charge in [0, 0.05) is 12.5 Å². The Kier molecular flexibility index (Phi) is 4.70. The van der Waals surface area contributed by atoms with Crippen molar-refractivity contribution in [2.75, 3.05) is 13.2 Å². The number of aryl methyl sites for hydroxylation is 1. The molecule has 2 rings (SSSR count). The van der Waals surface area contributed by atoms with Gasteiger partial charge in [-0.15, -0.1) is 11.3 Å².